The van der Waals surface area contributed by atoms with Crippen LogP contribution < -0.4 is 21.7 Å². The Morgan fingerprint density at radius 2 is 1.83 bits per heavy atom. The van der Waals surface area contributed by atoms with E-state index in [9.17, 15) is 9.90 Å². The molecule has 4 heterocycles. The maximum Gasteiger partial charge on any atom is 0.277 e. The molecule has 0 amide bonds. The van der Waals surface area contributed by atoms with Crippen molar-refractivity contribution in [1.82, 2.24) is 15.9 Å². The molecule has 0 bridgehead atoms. The van der Waals surface area contributed by atoms with Gasteiger partial charge in [-0.05, 0) is 52.2 Å². The van der Waals surface area contributed by atoms with Crippen molar-refractivity contribution < 1.29 is 9.84 Å². The van der Waals surface area contributed by atoms with E-state index < -0.39 is 11.6 Å². The first-order chi connectivity index (χ1) is 16.5. The van der Waals surface area contributed by atoms with Crippen LogP contribution in [0.15, 0.2) is 79.9 Å². The van der Waals surface area contributed by atoms with Crippen LogP contribution in [0.5, 0.6) is 5.88 Å². The fraction of sp³-hybridized carbons (Fsp3) is 0.240. The Balaban J connectivity index is 0.00000253. The van der Waals surface area contributed by atoms with E-state index in [2.05, 4.69) is 22.1 Å². The number of rotatable bonds is 6. The number of H-pyrrole nitrogens is 1. The molecular formula is C25H24ClN4O3S2-. The molecule has 1 atom stereocenters. The second-order valence-electron chi connectivity index (χ2n) is 8.88. The zero-order valence-electron chi connectivity index (χ0n) is 18.8. The highest BCUT2D eigenvalue weighted by Gasteiger charge is 2.49. The van der Waals surface area contributed by atoms with Crippen molar-refractivity contribution >= 4 is 40.4 Å². The van der Waals surface area contributed by atoms with E-state index in [1.54, 1.807) is 23.5 Å². The van der Waals surface area contributed by atoms with E-state index in [4.69, 9.17) is 16.3 Å². The van der Waals surface area contributed by atoms with Gasteiger partial charge < -0.3 is 20.9 Å². The minimum Gasteiger partial charge on any atom is -0.858 e. The molecule has 0 saturated carbocycles. The van der Waals surface area contributed by atoms with Gasteiger partial charge in [0.2, 0.25) is 0 Å². The van der Waals surface area contributed by atoms with Crippen LogP contribution in [-0.4, -0.2) is 36.1 Å². The number of anilines is 1. The fourth-order valence-electron chi connectivity index (χ4n) is 4.63. The lowest BCUT2D eigenvalue weighted by Crippen LogP contribution is -2.66. The van der Waals surface area contributed by atoms with E-state index in [1.807, 2.05) is 41.1 Å². The van der Waals surface area contributed by atoms with Crippen molar-refractivity contribution in [2.75, 3.05) is 31.2 Å². The van der Waals surface area contributed by atoms with E-state index in [-0.39, 0.29) is 16.9 Å². The molecule has 4 aromatic rings. The van der Waals surface area contributed by atoms with Gasteiger partial charge in [-0.3, -0.25) is 14.6 Å². The molecule has 0 radical (unpaired) electrons. The molecule has 2 aliphatic rings. The minimum atomic E-state index is -0.427. The number of thiophene rings is 1. The zero-order valence-corrected chi connectivity index (χ0v) is 21.2. The standard InChI is InChI=1S/C25H22ClN3O3S2.H3N/c26-19-3-1-2-4-20(19)34-22-23(30)27-29(24(22)31)21(17-9-10-33-11-17)16-5-7-18(8-6-16)28-12-25(13-28)14-32-15-25;/h1-11,21,31H,12-15H2,(H,27,30);1H3/p-1. The molecule has 182 valence electrons. The summed E-state index contributed by atoms with van der Waals surface area (Å²) < 4.78 is 6.81. The Bertz CT molecular complexity index is 1370. The lowest BCUT2D eigenvalue weighted by atomic mass is 9.78. The molecule has 1 unspecified atom stereocenters. The van der Waals surface area contributed by atoms with Gasteiger partial charge in [0.15, 0.2) is 0 Å². The highest BCUT2D eigenvalue weighted by molar-refractivity contribution is 7.99. The average molecular weight is 528 g/mol. The lowest BCUT2D eigenvalue weighted by Gasteiger charge is -2.56. The van der Waals surface area contributed by atoms with Gasteiger partial charge in [0.25, 0.3) is 5.56 Å². The van der Waals surface area contributed by atoms with Gasteiger partial charge in [-0.1, -0.05) is 47.6 Å². The summed E-state index contributed by atoms with van der Waals surface area (Å²) in [5.41, 5.74) is 2.96. The van der Waals surface area contributed by atoms with Crippen LogP contribution in [0.4, 0.5) is 5.69 Å². The monoisotopic (exact) mass is 527 g/mol. The minimum absolute atomic E-state index is 0. The molecule has 6 rings (SSSR count). The van der Waals surface area contributed by atoms with E-state index in [1.165, 1.54) is 4.68 Å². The van der Waals surface area contributed by atoms with Crippen molar-refractivity contribution in [2.24, 2.45) is 5.41 Å². The molecule has 2 aromatic carbocycles. The van der Waals surface area contributed by atoms with Gasteiger partial charge in [0.05, 0.1) is 34.6 Å². The van der Waals surface area contributed by atoms with Crippen LogP contribution in [0.3, 0.4) is 0 Å². The molecular weight excluding hydrogens is 504 g/mol. The van der Waals surface area contributed by atoms with Gasteiger partial charge in [-0.2, -0.15) is 11.3 Å². The number of benzene rings is 2. The van der Waals surface area contributed by atoms with Crippen LogP contribution in [-0.2, 0) is 4.74 Å². The molecule has 2 aliphatic heterocycles. The topological polar surface area (TPSA) is 108 Å². The van der Waals surface area contributed by atoms with E-state index in [0.717, 1.165) is 54.9 Å². The van der Waals surface area contributed by atoms with Crippen molar-refractivity contribution in [2.45, 2.75) is 15.8 Å². The highest BCUT2D eigenvalue weighted by atomic mass is 35.5. The fourth-order valence-corrected chi connectivity index (χ4v) is 6.42. The lowest BCUT2D eigenvalue weighted by molar-refractivity contribution is -0.284. The molecule has 2 aromatic heterocycles. The third-order valence-electron chi connectivity index (χ3n) is 6.45. The van der Waals surface area contributed by atoms with Crippen molar-refractivity contribution in [3.8, 4) is 5.88 Å². The number of hydrogen-bond acceptors (Lipinski definition) is 7. The maximum atomic E-state index is 13.4. The summed E-state index contributed by atoms with van der Waals surface area (Å²) in [6.07, 6.45) is 0. The quantitative estimate of drug-likeness (QED) is 0.374. The van der Waals surface area contributed by atoms with Crippen molar-refractivity contribution in [3.63, 3.8) is 0 Å². The Kier molecular flexibility index (Phi) is 6.45. The van der Waals surface area contributed by atoms with Crippen molar-refractivity contribution in [1.29, 1.82) is 0 Å². The first-order valence-electron chi connectivity index (χ1n) is 10.9. The Morgan fingerprint density at radius 1 is 1.09 bits per heavy atom. The number of hydrogen-bond donors (Lipinski definition) is 2. The summed E-state index contributed by atoms with van der Waals surface area (Å²) in [7, 11) is 0. The molecule has 35 heavy (non-hydrogen) atoms. The average Bonchev–Trinajstić information content (AvgIpc) is 3.39. The number of nitrogens with zero attached hydrogens (tertiary/aromatic N) is 2. The molecule has 7 nitrogen and oxygen atoms in total. The van der Waals surface area contributed by atoms with Crippen LogP contribution in [0.1, 0.15) is 17.2 Å². The van der Waals surface area contributed by atoms with Gasteiger partial charge in [0.1, 0.15) is 0 Å². The maximum absolute atomic E-state index is 13.4. The van der Waals surface area contributed by atoms with Gasteiger partial charge >= 0.3 is 0 Å². The molecule has 0 aliphatic carbocycles. The van der Waals surface area contributed by atoms with Crippen LogP contribution in [0.2, 0.25) is 5.02 Å². The molecule has 2 fully saturated rings. The molecule has 1 spiro atoms. The van der Waals surface area contributed by atoms with Crippen molar-refractivity contribution in [3.05, 3.63) is 91.9 Å². The third-order valence-corrected chi connectivity index (χ3v) is 8.73. The molecule has 4 N–H and O–H groups in total. The number of nitrogens with one attached hydrogen (secondary N) is 1. The smallest absolute Gasteiger partial charge is 0.277 e. The second-order valence-corrected chi connectivity index (χ2v) is 11.1. The summed E-state index contributed by atoms with van der Waals surface area (Å²) >= 11 is 8.92. The first kappa shape index (κ1) is 24.0. The summed E-state index contributed by atoms with van der Waals surface area (Å²) in [5.74, 6) is -0.357. The highest BCUT2D eigenvalue weighted by Crippen LogP contribution is 2.41. The predicted molar refractivity (Wildman–Crippen MR) is 139 cm³/mol. The van der Waals surface area contributed by atoms with E-state index in [0.29, 0.717) is 15.3 Å². The number of halogens is 1. The number of aromatic amines is 1. The zero-order chi connectivity index (χ0) is 23.3. The summed E-state index contributed by atoms with van der Waals surface area (Å²) in [6, 6.07) is 17.0. The molecule has 10 heteroatoms. The van der Waals surface area contributed by atoms with Crippen LogP contribution in [0.25, 0.3) is 0 Å². The number of aromatic nitrogens is 2. The molecule has 2 saturated heterocycles. The van der Waals surface area contributed by atoms with E-state index >= 15 is 0 Å². The van der Waals surface area contributed by atoms with Crippen LogP contribution >= 0.6 is 34.7 Å². The summed E-state index contributed by atoms with van der Waals surface area (Å²) in [4.78, 5) is 15.9. The van der Waals surface area contributed by atoms with Gasteiger partial charge in [0, 0.05) is 29.6 Å². The van der Waals surface area contributed by atoms with Crippen LogP contribution in [0, 0.1) is 5.41 Å². The Hall–Kier alpha value is -2.69. The Morgan fingerprint density at radius 3 is 2.46 bits per heavy atom. The SMILES string of the molecule is N.O=c1[nH]n(C(c2ccc(N3CC4(COC4)C3)cc2)c2ccsc2)c([O-])c1Sc1ccccc1Cl. The number of ether oxygens (including phenoxy) is 1. The largest absolute Gasteiger partial charge is 0.858 e. The Labute approximate surface area is 215 Å². The summed E-state index contributed by atoms with van der Waals surface area (Å²) in [5, 5.41) is 20.7. The first-order valence-corrected chi connectivity index (χ1v) is 13.1. The second kappa shape index (κ2) is 9.40. The normalized spacial score (nSPS) is 16.9. The van der Waals surface area contributed by atoms with Gasteiger partial charge in [-0.15, -0.1) is 0 Å². The summed E-state index contributed by atoms with van der Waals surface area (Å²) in [6.45, 7) is 3.73. The van der Waals surface area contributed by atoms with Gasteiger partial charge in [-0.25, -0.2) is 0 Å². The predicted octanol–water partition coefficient (Wildman–Crippen LogP) is 4.75. The third kappa shape index (κ3) is 4.28.